The lowest BCUT2D eigenvalue weighted by Crippen LogP contribution is -2.20. The third-order valence-electron chi connectivity index (χ3n) is 3.43. The minimum Gasteiger partial charge on any atom is -0.462 e. The number of nitrogens with two attached hydrogens (primary N) is 1. The van der Waals surface area contributed by atoms with Crippen LogP contribution in [-0.4, -0.2) is 27.6 Å². The second kappa shape index (κ2) is 6.91. The van der Waals surface area contributed by atoms with E-state index >= 15 is 0 Å². The van der Waals surface area contributed by atoms with Crippen LogP contribution < -0.4 is 5.73 Å². The van der Waals surface area contributed by atoms with Gasteiger partial charge < -0.3 is 10.5 Å². The molecule has 0 fully saturated rings. The first-order valence-electron chi connectivity index (χ1n) is 7.81. The Kier molecular flexibility index (Phi) is 5.15. The van der Waals surface area contributed by atoms with Crippen molar-refractivity contribution in [2.45, 2.75) is 46.1 Å². The molecule has 23 heavy (non-hydrogen) atoms. The van der Waals surface area contributed by atoms with Gasteiger partial charge in [-0.1, -0.05) is 32.9 Å². The van der Waals surface area contributed by atoms with Crippen LogP contribution in [-0.2, 0) is 16.7 Å². The predicted molar refractivity (Wildman–Crippen MR) is 88.5 cm³/mol. The van der Waals surface area contributed by atoms with E-state index in [1.807, 2.05) is 19.1 Å². The number of hydrogen-bond acceptors (Lipinski definition) is 5. The molecule has 2 N–H and O–H groups in total. The fourth-order valence-corrected chi connectivity index (χ4v) is 2.40. The van der Waals surface area contributed by atoms with Crippen molar-refractivity contribution in [3.63, 3.8) is 0 Å². The minimum atomic E-state index is -0.310. The second-order valence-electron chi connectivity index (χ2n) is 6.43. The maximum atomic E-state index is 11.9. The number of rotatable bonds is 5. The smallest absolute Gasteiger partial charge is 0.338 e. The monoisotopic (exact) mass is 316 g/mol. The molecule has 0 aliphatic carbocycles. The lowest BCUT2D eigenvalue weighted by atomic mass is 9.90. The summed E-state index contributed by atoms with van der Waals surface area (Å²) in [5.74, 6) is -0.310. The van der Waals surface area contributed by atoms with Gasteiger partial charge in [0.05, 0.1) is 23.6 Å². The summed E-state index contributed by atoms with van der Waals surface area (Å²) in [5, 5.41) is 8.39. The highest BCUT2D eigenvalue weighted by atomic mass is 16.5. The van der Waals surface area contributed by atoms with Gasteiger partial charge in [-0.2, -0.15) is 0 Å². The average molecular weight is 316 g/mol. The largest absolute Gasteiger partial charge is 0.462 e. The first-order chi connectivity index (χ1) is 10.9. The second-order valence-corrected chi connectivity index (χ2v) is 6.43. The number of aromatic nitrogens is 3. The zero-order chi connectivity index (χ0) is 17.0. The summed E-state index contributed by atoms with van der Waals surface area (Å²) in [6, 6.07) is 7.16. The Balaban J connectivity index is 2.33. The molecule has 0 bridgehead atoms. The summed E-state index contributed by atoms with van der Waals surface area (Å²) in [5.41, 5.74) is 8.75. The van der Waals surface area contributed by atoms with E-state index in [9.17, 15) is 4.79 Å². The van der Waals surface area contributed by atoms with Crippen molar-refractivity contribution in [3.8, 4) is 5.69 Å². The molecule has 0 unspecified atom stereocenters. The van der Waals surface area contributed by atoms with Crippen LogP contribution in [0.15, 0.2) is 24.3 Å². The molecule has 6 heteroatoms. The molecule has 1 heterocycles. The van der Waals surface area contributed by atoms with Crippen molar-refractivity contribution in [1.29, 1.82) is 0 Å². The number of carbonyl (C=O) groups is 1. The molecular weight excluding hydrogens is 292 g/mol. The van der Waals surface area contributed by atoms with Crippen LogP contribution in [0.2, 0.25) is 0 Å². The normalized spacial score (nSPS) is 11.5. The van der Waals surface area contributed by atoms with Crippen molar-refractivity contribution < 1.29 is 9.53 Å². The van der Waals surface area contributed by atoms with E-state index < -0.39 is 0 Å². The minimum absolute atomic E-state index is 0.142. The quantitative estimate of drug-likeness (QED) is 0.857. The summed E-state index contributed by atoms with van der Waals surface area (Å²) >= 11 is 0. The molecule has 0 aliphatic heterocycles. The maximum absolute atomic E-state index is 11.9. The fourth-order valence-electron chi connectivity index (χ4n) is 2.40. The Morgan fingerprint density at radius 3 is 2.43 bits per heavy atom. The molecule has 2 rings (SSSR count). The van der Waals surface area contributed by atoms with E-state index in [2.05, 4.69) is 31.1 Å². The van der Waals surface area contributed by atoms with Gasteiger partial charge in [0.25, 0.3) is 0 Å². The van der Waals surface area contributed by atoms with Crippen molar-refractivity contribution in [2.24, 2.45) is 5.73 Å². The summed E-state index contributed by atoms with van der Waals surface area (Å²) in [6.45, 7) is 9.02. The lowest BCUT2D eigenvalue weighted by Gasteiger charge is -2.21. The summed E-state index contributed by atoms with van der Waals surface area (Å²) < 4.78 is 6.91. The van der Waals surface area contributed by atoms with E-state index in [0.717, 1.165) is 23.5 Å². The van der Waals surface area contributed by atoms with Gasteiger partial charge in [0.1, 0.15) is 5.69 Å². The first-order valence-corrected chi connectivity index (χ1v) is 7.81. The number of hydrogen-bond donors (Lipinski definition) is 1. The molecule has 0 radical (unpaired) electrons. The third kappa shape index (κ3) is 3.76. The zero-order valence-electron chi connectivity index (χ0n) is 14.2. The van der Waals surface area contributed by atoms with Gasteiger partial charge in [0.15, 0.2) is 0 Å². The van der Waals surface area contributed by atoms with Crippen LogP contribution in [0.4, 0.5) is 0 Å². The van der Waals surface area contributed by atoms with Gasteiger partial charge in [-0.3, -0.25) is 0 Å². The molecule has 0 amide bonds. The predicted octanol–water partition coefficient (Wildman–Crippen LogP) is 2.59. The van der Waals surface area contributed by atoms with E-state index in [-0.39, 0.29) is 11.4 Å². The van der Waals surface area contributed by atoms with Crippen molar-refractivity contribution in [1.82, 2.24) is 15.0 Å². The third-order valence-corrected chi connectivity index (χ3v) is 3.43. The Hall–Kier alpha value is -2.21. The molecule has 1 aromatic carbocycles. The molecule has 0 spiro atoms. The van der Waals surface area contributed by atoms with Gasteiger partial charge in [-0.25, -0.2) is 9.48 Å². The summed E-state index contributed by atoms with van der Waals surface area (Å²) in [4.78, 5) is 11.9. The molecule has 124 valence electrons. The number of esters is 1. The number of benzene rings is 1. The van der Waals surface area contributed by atoms with Gasteiger partial charge in [0.2, 0.25) is 0 Å². The van der Waals surface area contributed by atoms with Crippen molar-refractivity contribution in [3.05, 3.63) is 41.2 Å². The van der Waals surface area contributed by atoms with E-state index in [1.54, 1.807) is 16.8 Å². The van der Waals surface area contributed by atoms with E-state index in [1.165, 1.54) is 0 Å². The molecule has 0 saturated heterocycles. The highest BCUT2D eigenvalue weighted by molar-refractivity contribution is 5.89. The summed E-state index contributed by atoms with van der Waals surface area (Å²) in [7, 11) is 0. The number of nitrogens with zero attached hydrogens (tertiary/aromatic N) is 3. The van der Waals surface area contributed by atoms with Gasteiger partial charge in [-0.05, 0) is 30.7 Å². The summed E-state index contributed by atoms with van der Waals surface area (Å²) in [6.07, 6.45) is 0.805. The van der Waals surface area contributed by atoms with Gasteiger partial charge >= 0.3 is 5.97 Å². The fraction of sp³-hybridized carbons (Fsp3) is 0.471. The number of carbonyl (C=O) groups excluding carboxylic acids is 1. The molecule has 6 nitrogen and oxygen atoms in total. The molecule has 0 aliphatic rings. The van der Waals surface area contributed by atoms with E-state index in [0.29, 0.717) is 18.7 Å². The van der Waals surface area contributed by atoms with Crippen LogP contribution >= 0.6 is 0 Å². The van der Waals surface area contributed by atoms with Gasteiger partial charge in [-0.15, -0.1) is 5.10 Å². The topological polar surface area (TPSA) is 83.0 Å². The van der Waals surface area contributed by atoms with Crippen LogP contribution in [0.1, 0.15) is 55.9 Å². The maximum Gasteiger partial charge on any atom is 0.338 e. The standard InChI is InChI=1S/C17H24N4O2/c1-5-10-23-16(22)12-6-8-13(9-7-12)21-15(17(2,3)4)14(11-18)19-20-21/h6-9H,5,10-11,18H2,1-4H3. The molecular formula is C17H24N4O2. The van der Waals surface area contributed by atoms with Crippen LogP contribution in [0.25, 0.3) is 5.69 Å². The molecule has 0 saturated carbocycles. The Morgan fingerprint density at radius 1 is 1.26 bits per heavy atom. The zero-order valence-corrected chi connectivity index (χ0v) is 14.2. The average Bonchev–Trinajstić information content (AvgIpc) is 2.97. The first kappa shape index (κ1) is 17.1. The van der Waals surface area contributed by atoms with E-state index in [4.69, 9.17) is 10.5 Å². The number of ether oxygens (including phenoxy) is 1. The Bertz CT molecular complexity index is 669. The highest BCUT2D eigenvalue weighted by Gasteiger charge is 2.25. The lowest BCUT2D eigenvalue weighted by molar-refractivity contribution is 0.0505. The Morgan fingerprint density at radius 2 is 1.91 bits per heavy atom. The van der Waals surface area contributed by atoms with Gasteiger partial charge in [0, 0.05) is 12.0 Å². The van der Waals surface area contributed by atoms with Crippen molar-refractivity contribution >= 4 is 5.97 Å². The SMILES string of the molecule is CCCOC(=O)c1ccc(-n2nnc(CN)c2C(C)(C)C)cc1. The van der Waals surface area contributed by atoms with Crippen molar-refractivity contribution in [2.75, 3.05) is 6.61 Å². The van der Waals surface area contributed by atoms with Crippen LogP contribution in [0.3, 0.4) is 0 Å². The molecule has 1 aromatic heterocycles. The Labute approximate surface area is 136 Å². The van der Waals surface area contributed by atoms with Crippen LogP contribution in [0, 0.1) is 0 Å². The van der Waals surface area contributed by atoms with Crippen LogP contribution in [0.5, 0.6) is 0 Å². The molecule has 2 aromatic rings. The molecule has 0 atom stereocenters. The highest BCUT2D eigenvalue weighted by Crippen LogP contribution is 2.27.